The van der Waals surface area contributed by atoms with Gasteiger partial charge in [0, 0.05) is 18.3 Å². The Bertz CT molecular complexity index is 774. The first-order chi connectivity index (χ1) is 13.4. The van der Waals surface area contributed by atoms with Gasteiger partial charge in [-0.15, -0.1) is 0 Å². The van der Waals surface area contributed by atoms with Crippen LogP contribution in [0.3, 0.4) is 0 Å². The summed E-state index contributed by atoms with van der Waals surface area (Å²) >= 11 is 0. The first-order valence-corrected chi connectivity index (χ1v) is 10.1. The smallest absolute Gasteiger partial charge is 0.187 e. The Morgan fingerprint density at radius 3 is 2.68 bits per heavy atom. The Morgan fingerprint density at radius 2 is 1.89 bits per heavy atom. The molecule has 2 heterocycles. The zero-order valence-electron chi connectivity index (χ0n) is 16.2. The van der Waals surface area contributed by atoms with Crippen molar-refractivity contribution in [1.82, 2.24) is 0 Å². The standard InChI is InChI=1S/C22H26O6/c1-22(2)27-20-18-17-13(8-14(23)10-15(17)24)9-16(19(18)26-21(20)28-22)25-11-12-6-4-3-5-7-12/h3-7,13,16-21H,8-11H2,1-2H3/t13-,16+,17-,18-,19-,20-,21-/m1/s1. The number of fused-ring (bicyclic) bond motifs is 5. The second kappa shape index (κ2) is 6.73. The molecule has 2 aliphatic carbocycles. The Labute approximate surface area is 164 Å². The third-order valence-corrected chi connectivity index (χ3v) is 6.50. The number of ketones is 2. The van der Waals surface area contributed by atoms with Crippen LogP contribution in [-0.2, 0) is 35.1 Å². The molecule has 0 aromatic heterocycles. The van der Waals surface area contributed by atoms with Gasteiger partial charge in [0.1, 0.15) is 17.7 Å². The molecule has 2 saturated carbocycles. The quantitative estimate of drug-likeness (QED) is 0.744. The fourth-order valence-electron chi connectivity index (χ4n) is 5.50. The van der Waals surface area contributed by atoms with Crippen LogP contribution in [0.4, 0.5) is 0 Å². The van der Waals surface area contributed by atoms with E-state index in [0.29, 0.717) is 19.4 Å². The molecule has 4 aliphatic rings. The minimum Gasteiger partial charge on any atom is -0.371 e. The van der Waals surface area contributed by atoms with Crippen LogP contribution in [0.25, 0.3) is 0 Å². The third kappa shape index (κ3) is 3.12. The van der Waals surface area contributed by atoms with Gasteiger partial charge in [0.15, 0.2) is 12.1 Å². The molecule has 28 heavy (non-hydrogen) atoms. The van der Waals surface area contributed by atoms with Crippen LogP contribution in [0.15, 0.2) is 30.3 Å². The van der Waals surface area contributed by atoms with Gasteiger partial charge in [-0.3, -0.25) is 9.59 Å². The Hall–Kier alpha value is -1.60. The van der Waals surface area contributed by atoms with E-state index in [-0.39, 0.29) is 54.1 Å². The molecule has 0 unspecified atom stereocenters. The second-order valence-electron chi connectivity index (χ2n) is 8.89. The van der Waals surface area contributed by atoms with E-state index >= 15 is 0 Å². The summed E-state index contributed by atoms with van der Waals surface area (Å²) in [5, 5.41) is 0. The monoisotopic (exact) mass is 386 g/mol. The van der Waals surface area contributed by atoms with Gasteiger partial charge in [0.2, 0.25) is 0 Å². The van der Waals surface area contributed by atoms with Crippen molar-refractivity contribution in [3.05, 3.63) is 35.9 Å². The number of carbonyl (C=O) groups is 2. The van der Waals surface area contributed by atoms with Crippen molar-refractivity contribution in [2.24, 2.45) is 17.8 Å². The lowest BCUT2D eigenvalue weighted by Gasteiger charge is -2.45. The maximum atomic E-state index is 12.8. The molecule has 0 bridgehead atoms. The lowest BCUT2D eigenvalue weighted by molar-refractivity contribution is -0.236. The summed E-state index contributed by atoms with van der Waals surface area (Å²) in [6.07, 6.45) is -0.114. The number of Topliss-reactive ketones (excluding diaryl/α,β-unsaturated/α-hetero) is 2. The van der Waals surface area contributed by atoms with Gasteiger partial charge < -0.3 is 18.9 Å². The molecular formula is C22H26O6. The topological polar surface area (TPSA) is 71.1 Å². The molecular weight excluding hydrogens is 360 g/mol. The molecule has 1 aromatic rings. The highest BCUT2D eigenvalue weighted by molar-refractivity contribution is 6.03. The van der Waals surface area contributed by atoms with Crippen LogP contribution in [0.5, 0.6) is 0 Å². The Morgan fingerprint density at radius 1 is 1.11 bits per heavy atom. The Balaban J connectivity index is 1.41. The number of hydrogen-bond acceptors (Lipinski definition) is 6. The van der Waals surface area contributed by atoms with Gasteiger partial charge >= 0.3 is 0 Å². The lowest BCUT2D eigenvalue weighted by Crippen LogP contribution is -2.54. The average molecular weight is 386 g/mol. The van der Waals surface area contributed by atoms with Gasteiger partial charge in [0.05, 0.1) is 25.2 Å². The van der Waals surface area contributed by atoms with Crippen LogP contribution < -0.4 is 0 Å². The van der Waals surface area contributed by atoms with Gasteiger partial charge in [-0.1, -0.05) is 30.3 Å². The first-order valence-electron chi connectivity index (χ1n) is 10.1. The van der Waals surface area contributed by atoms with Crippen LogP contribution in [0.2, 0.25) is 0 Å². The van der Waals surface area contributed by atoms with E-state index in [0.717, 1.165) is 5.56 Å². The number of rotatable bonds is 3. The van der Waals surface area contributed by atoms with Gasteiger partial charge in [0.25, 0.3) is 0 Å². The predicted octanol–water partition coefficient (Wildman–Crippen LogP) is 2.63. The molecule has 1 aromatic carbocycles. The van der Waals surface area contributed by atoms with Crippen molar-refractivity contribution >= 4 is 11.6 Å². The molecule has 0 N–H and O–H groups in total. The number of carbonyl (C=O) groups excluding carboxylic acids is 2. The van der Waals surface area contributed by atoms with Crippen molar-refractivity contribution < 1.29 is 28.5 Å². The number of ether oxygens (including phenoxy) is 4. The van der Waals surface area contributed by atoms with Crippen molar-refractivity contribution in [2.45, 2.75) is 70.1 Å². The molecule has 2 saturated heterocycles. The molecule has 6 heteroatoms. The molecule has 0 amide bonds. The highest BCUT2D eigenvalue weighted by atomic mass is 16.8. The van der Waals surface area contributed by atoms with E-state index in [4.69, 9.17) is 18.9 Å². The zero-order chi connectivity index (χ0) is 19.5. The second-order valence-corrected chi connectivity index (χ2v) is 8.89. The van der Waals surface area contributed by atoms with E-state index in [1.165, 1.54) is 0 Å². The zero-order valence-corrected chi connectivity index (χ0v) is 16.2. The van der Waals surface area contributed by atoms with E-state index in [1.54, 1.807) is 0 Å². The van der Waals surface area contributed by atoms with Crippen molar-refractivity contribution in [1.29, 1.82) is 0 Å². The summed E-state index contributed by atoms with van der Waals surface area (Å²) in [5.41, 5.74) is 1.09. The fourth-order valence-corrected chi connectivity index (χ4v) is 5.50. The van der Waals surface area contributed by atoms with Crippen LogP contribution in [0, 0.1) is 17.8 Å². The largest absolute Gasteiger partial charge is 0.371 e. The first kappa shape index (κ1) is 18.4. The van der Waals surface area contributed by atoms with Crippen LogP contribution in [-0.4, -0.2) is 42.0 Å². The van der Waals surface area contributed by atoms with Crippen LogP contribution in [0.1, 0.15) is 38.7 Å². The highest BCUT2D eigenvalue weighted by Gasteiger charge is 2.63. The minimum atomic E-state index is -0.735. The SMILES string of the molecule is CC1(C)O[C@H]2O[C@H]3[C@H]([C@H]2O1)[C@H]1C(=O)CC(=O)C[C@@H]1C[C@@H]3OCc1ccccc1. The lowest BCUT2D eigenvalue weighted by atomic mass is 9.62. The summed E-state index contributed by atoms with van der Waals surface area (Å²) < 4.78 is 24.6. The van der Waals surface area contributed by atoms with E-state index in [1.807, 2.05) is 44.2 Å². The molecule has 7 atom stereocenters. The summed E-state index contributed by atoms with van der Waals surface area (Å²) in [6, 6.07) is 9.99. The number of benzene rings is 1. The minimum absolute atomic E-state index is 0.00886. The van der Waals surface area contributed by atoms with E-state index in [9.17, 15) is 9.59 Å². The average Bonchev–Trinajstić information content (AvgIpc) is 3.12. The van der Waals surface area contributed by atoms with Gasteiger partial charge in [-0.05, 0) is 31.7 Å². The molecule has 6 nitrogen and oxygen atoms in total. The predicted molar refractivity (Wildman–Crippen MR) is 98.1 cm³/mol. The highest BCUT2D eigenvalue weighted by Crippen LogP contribution is 2.53. The number of hydrogen-bond donors (Lipinski definition) is 0. The maximum Gasteiger partial charge on any atom is 0.187 e. The van der Waals surface area contributed by atoms with E-state index < -0.39 is 12.1 Å². The molecule has 4 fully saturated rings. The van der Waals surface area contributed by atoms with Crippen molar-refractivity contribution in [3.63, 3.8) is 0 Å². The summed E-state index contributed by atoms with van der Waals surface area (Å²) in [7, 11) is 0. The van der Waals surface area contributed by atoms with Gasteiger partial charge in [-0.2, -0.15) is 0 Å². The normalized spacial score (nSPS) is 41.4. The fraction of sp³-hybridized carbons (Fsp3) is 0.636. The van der Waals surface area contributed by atoms with Crippen molar-refractivity contribution in [3.8, 4) is 0 Å². The van der Waals surface area contributed by atoms with Gasteiger partial charge in [-0.25, -0.2) is 0 Å². The molecule has 0 radical (unpaired) electrons. The van der Waals surface area contributed by atoms with Crippen LogP contribution >= 0.6 is 0 Å². The maximum absolute atomic E-state index is 12.8. The molecule has 150 valence electrons. The summed E-state index contributed by atoms with van der Waals surface area (Å²) in [4.78, 5) is 24.9. The third-order valence-electron chi connectivity index (χ3n) is 6.50. The summed E-state index contributed by atoms with van der Waals surface area (Å²) in [5.74, 6) is -1.04. The van der Waals surface area contributed by atoms with Crippen molar-refractivity contribution in [2.75, 3.05) is 0 Å². The molecule has 2 aliphatic heterocycles. The molecule has 0 spiro atoms. The Kier molecular flexibility index (Phi) is 4.43. The summed E-state index contributed by atoms with van der Waals surface area (Å²) in [6.45, 7) is 4.19. The van der Waals surface area contributed by atoms with E-state index in [2.05, 4.69) is 0 Å². The molecule has 5 rings (SSSR count).